The van der Waals surface area contributed by atoms with Gasteiger partial charge in [0, 0.05) is 0 Å². The van der Waals surface area contributed by atoms with Gasteiger partial charge in [-0.05, 0) is 52.9 Å². The van der Waals surface area contributed by atoms with Crippen LogP contribution < -0.4 is 0 Å². The molecule has 1 aromatic rings. The van der Waals surface area contributed by atoms with Crippen molar-refractivity contribution in [1.29, 1.82) is 0 Å². The maximum atomic E-state index is 4.29. The van der Waals surface area contributed by atoms with Crippen molar-refractivity contribution in [2.24, 2.45) is 5.41 Å². The monoisotopic (exact) mass is 322 g/mol. The molecule has 0 heterocycles. The lowest BCUT2D eigenvalue weighted by atomic mass is 9.75. The molecule has 0 bridgehead atoms. The van der Waals surface area contributed by atoms with E-state index in [4.69, 9.17) is 0 Å². The van der Waals surface area contributed by atoms with Crippen LogP contribution in [0.4, 0.5) is 0 Å². The van der Waals surface area contributed by atoms with E-state index in [-0.39, 0.29) is 5.41 Å². The Morgan fingerprint density at radius 3 is 2.12 bits per heavy atom. The van der Waals surface area contributed by atoms with E-state index in [0.29, 0.717) is 0 Å². The molecule has 0 atom stereocenters. The zero-order chi connectivity index (χ0) is 18.2. The van der Waals surface area contributed by atoms with E-state index in [2.05, 4.69) is 57.8 Å². The minimum absolute atomic E-state index is 0.00101. The average Bonchev–Trinajstić information content (AvgIpc) is 2.54. The summed E-state index contributed by atoms with van der Waals surface area (Å²) in [4.78, 5) is 0. The van der Waals surface area contributed by atoms with Crippen LogP contribution in [0.2, 0.25) is 0 Å². The van der Waals surface area contributed by atoms with Crippen molar-refractivity contribution in [2.75, 3.05) is 0 Å². The smallest absolute Gasteiger partial charge is 0.00632 e. The minimum atomic E-state index is 0.00101. The highest BCUT2D eigenvalue weighted by Gasteiger charge is 2.24. The predicted octanol–water partition coefficient (Wildman–Crippen LogP) is 7.40. The van der Waals surface area contributed by atoms with Gasteiger partial charge in [0.15, 0.2) is 0 Å². The Kier molecular flexibility index (Phi) is 7.98. The van der Waals surface area contributed by atoms with E-state index in [1.807, 2.05) is 26.0 Å². The molecule has 0 N–H and O–H groups in total. The fraction of sp³-hybridized carbons (Fsp3) is 0.417. The highest BCUT2D eigenvalue weighted by atomic mass is 14.3. The van der Waals surface area contributed by atoms with Crippen LogP contribution in [0.3, 0.4) is 0 Å². The van der Waals surface area contributed by atoms with Gasteiger partial charge in [0.1, 0.15) is 0 Å². The van der Waals surface area contributed by atoms with Gasteiger partial charge in [0.2, 0.25) is 0 Å². The molecule has 0 saturated heterocycles. The molecule has 0 radical (unpaired) electrons. The second-order valence-corrected chi connectivity index (χ2v) is 6.97. The molecule has 0 aliphatic heterocycles. The molecule has 0 amide bonds. The fourth-order valence-corrected chi connectivity index (χ4v) is 3.08. The largest absolute Gasteiger partial charge is 0.0990 e. The molecule has 1 saturated carbocycles. The second-order valence-electron chi connectivity index (χ2n) is 6.97. The van der Waals surface area contributed by atoms with Crippen molar-refractivity contribution in [2.45, 2.75) is 59.3 Å². The van der Waals surface area contributed by atoms with E-state index < -0.39 is 0 Å². The average molecular weight is 323 g/mol. The summed E-state index contributed by atoms with van der Waals surface area (Å²) >= 11 is 0. The molecular formula is C24H34. The Balaban J connectivity index is 0.00000139. The van der Waals surface area contributed by atoms with Gasteiger partial charge in [0.25, 0.3) is 0 Å². The van der Waals surface area contributed by atoms with Crippen molar-refractivity contribution < 1.29 is 0 Å². The van der Waals surface area contributed by atoms with Crippen LogP contribution in [0, 0.1) is 5.41 Å². The quantitative estimate of drug-likeness (QED) is 0.459. The predicted molar refractivity (Wildman–Crippen MR) is 109 cm³/mol. The van der Waals surface area contributed by atoms with E-state index in [1.54, 1.807) is 6.08 Å². The molecule has 2 rings (SSSR count). The maximum absolute atomic E-state index is 4.29. The summed E-state index contributed by atoms with van der Waals surface area (Å²) in [5.74, 6) is 0.805. The number of allylic oxidation sites excluding steroid dienone is 5. The van der Waals surface area contributed by atoms with E-state index in [0.717, 1.165) is 23.5 Å². The van der Waals surface area contributed by atoms with Crippen molar-refractivity contribution >= 4 is 0 Å². The summed E-state index contributed by atoms with van der Waals surface area (Å²) < 4.78 is 0. The molecule has 130 valence electrons. The van der Waals surface area contributed by atoms with Crippen LogP contribution in [-0.2, 0) is 6.42 Å². The van der Waals surface area contributed by atoms with Crippen molar-refractivity contribution in [3.8, 4) is 0 Å². The van der Waals surface area contributed by atoms with Crippen LogP contribution >= 0.6 is 0 Å². The van der Waals surface area contributed by atoms with Crippen molar-refractivity contribution in [1.82, 2.24) is 0 Å². The zero-order valence-corrected chi connectivity index (χ0v) is 16.1. The van der Waals surface area contributed by atoms with Gasteiger partial charge in [0.05, 0.1) is 0 Å². The van der Waals surface area contributed by atoms with E-state index in [1.165, 1.54) is 30.4 Å². The van der Waals surface area contributed by atoms with Crippen LogP contribution in [0.5, 0.6) is 0 Å². The maximum Gasteiger partial charge on any atom is -0.00632 e. The summed E-state index contributed by atoms with van der Waals surface area (Å²) in [6.07, 6.45) is 10.7. The van der Waals surface area contributed by atoms with Gasteiger partial charge in [-0.1, -0.05) is 96.3 Å². The fourth-order valence-electron chi connectivity index (χ4n) is 3.08. The Morgan fingerprint density at radius 2 is 1.71 bits per heavy atom. The van der Waals surface area contributed by atoms with E-state index >= 15 is 0 Å². The van der Waals surface area contributed by atoms with E-state index in [9.17, 15) is 0 Å². The lowest BCUT2D eigenvalue weighted by molar-refractivity contribution is 0.419. The summed E-state index contributed by atoms with van der Waals surface area (Å²) in [7, 11) is 0. The van der Waals surface area contributed by atoms with Crippen LogP contribution in [0.1, 0.15) is 64.0 Å². The van der Waals surface area contributed by atoms with Crippen LogP contribution in [0.25, 0.3) is 0 Å². The molecule has 0 heteroatoms. The number of hydrogen-bond acceptors (Lipinski definition) is 0. The molecule has 0 spiro atoms. The zero-order valence-electron chi connectivity index (χ0n) is 16.1. The first kappa shape index (κ1) is 20.2. The third-order valence-corrected chi connectivity index (χ3v) is 4.89. The van der Waals surface area contributed by atoms with Crippen molar-refractivity contribution in [3.05, 3.63) is 84.5 Å². The second kappa shape index (κ2) is 9.47. The topological polar surface area (TPSA) is 0 Å². The summed E-state index contributed by atoms with van der Waals surface area (Å²) in [6.45, 7) is 20.4. The van der Waals surface area contributed by atoms with Crippen LogP contribution in [0.15, 0.2) is 73.4 Å². The summed E-state index contributed by atoms with van der Waals surface area (Å²) in [5, 5.41) is 0. The molecule has 1 fully saturated rings. The molecule has 0 aromatic heterocycles. The van der Waals surface area contributed by atoms with Gasteiger partial charge in [-0.3, -0.25) is 0 Å². The Morgan fingerprint density at radius 1 is 1.12 bits per heavy atom. The van der Waals surface area contributed by atoms with Crippen molar-refractivity contribution in [3.63, 3.8) is 0 Å². The minimum Gasteiger partial charge on any atom is -0.0990 e. The summed E-state index contributed by atoms with van der Waals surface area (Å²) in [6, 6.07) is 9.19. The van der Waals surface area contributed by atoms with Gasteiger partial charge in [-0.25, -0.2) is 0 Å². The highest BCUT2D eigenvalue weighted by molar-refractivity contribution is 5.43. The Bertz CT molecular complexity index is 577. The first-order valence-corrected chi connectivity index (χ1v) is 9.21. The third-order valence-electron chi connectivity index (χ3n) is 4.89. The Hall–Kier alpha value is -1.82. The van der Waals surface area contributed by atoms with Gasteiger partial charge >= 0.3 is 0 Å². The van der Waals surface area contributed by atoms with Crippen LogP contribution in [-0.4, -0.2) is 0 Å². The third kappa shape index (κ3) is 5.09. The lowest BCUT2D eigenvalue weighted by Gasteiger charge is -2.29. The van der Waals surface area contributed by atoms with Gasteiger partial charge in [-0.2, -0.15) is 0 Å². The molecule has 1 aromatic carbocycles. The molecule has 1 aliphatic rings. The molecule has 0 nitrogen and oxygen atoms in total. The number of benzene rings is 1. The first-order valence-electron chi connectivity index (χ1n) is 9.21. The Labute approximate surface area is 149 Å². The SMILES string of the molecule is C=C/C=C(\C=C)C(=C)C(C)(C)Cc1ccc(C2CCC2)cc1.CC. The molecule has 0 unspecified atom stereocenters. The number of hydrogen-bond donors (Lipinski definition) is 0. The molecule has 1 aliphatic carbocycles. The number of rotatable bonds is 7. The van der Waals surface area contributed by atoms with Gasteiger partial charge in [-0.15, -0.1) is 0 Å². The first-order chi connectivity index (χ1) is 11.5. The standard InChI is InChI=1S/C22H28.C2H6/c1-6-9-19(7-2)17(3)22(4,5)16-18-12-14-21(15-13-18)20-10-8-11-20;1-2/h6-7,9,12-15,20H,1-3,8,10-11,16H2,4-5H3;1-2H3/b19-9+;. The highest BCUT2D eigenvalue weighted by Crippen LogP contribution is 2.38. The normalized spacial score (nSPS) is 14.9. The molecular weight excluding hydrogens is 288 g/mol. The lowest BCUT2D eigenvalue weighted by Crippen LogP contribution is -2.18. The molecule has 24 heavy (non-hydrogen) atoms. The van der Waals surface area contributed by atoms with Gasteiger partial charge < -0.3 is 0 Å². The summed E-state index contributed by atoms with van der Waals surface area (Å²) in [5.41, 5.74) is 5.07.